The molecule has 0 fully saturated rings. The number of pyridine rings is 1. The molecule has 10 nitrogen and oxygen atoms in total. The highest BCUT2D eigenvalue weighted by molar-refractivity contribution is 7.93. The van der Waals surface area contributed by atoms with E-state index in [0.717, 1.165) is 32.9 Å². The normalized spacial score (nSPS) is 11.5. The standard InChI is InChI=1S/C26H21FN4O6S2/c1-2-30(38(33,34)21-11-7-19(15-28)8-12-21)25-16-29-26(24-6-4-3-5-23(24)25)31(17-37-18-32)39(35,36)22-13-9-20(27)10-14-22/h3-14,16,18H,2,17H2,1H3. The molecule has 3 aromatic carbocycles. The summed E-state index contributed by atoms with van der Waals surface area (Å²) in [6.45, 7) is 0.986. The van der Waals surface area contributed by atoms with Crippen molar-refractivity contribution in [3.63, 3.8) is 0 Å². The molecule has 1 heterocycles. The Hall–Kier alpha value is -4.54. The van der Waals surface area contributed by atoms with E-state index in [2.05, 4.69) is 4.98 Å². The van der Waals surface area contributed by atoms with Gasteiger partial charge in [0.1, 0.15) is 5.82 Å². The van der Waals surface area contributed by atoms with E-state index in [1.165, 1.54) is 30.5 Å². The number of benzene rings is 3. The maximum atomic E-state index is 13.6. The van der Waals surface area contributed by atoms with E-state index >= 15 is 0 Å². The Morgan fingerprint density at radius 1 is 0.897 bits per heavy atom. The molecule has 0 saturated heterocycles. The molecule has 13 heteroatoms. The summed E-state index contributed by atoms with van der Waals surface area (Å²) < 4.78 is 74.2. The number of rotatable bonds is 10. The molecule has 0 N–H and O–H groups in total. The lowest BCUT2D eigenvalue weighted by Gasteiger charge is -2.27. The number of ether oxygens (including phenoxy) is 1. The summed E-state index contributed by atoms with van der Waals surface area (Å²) in [4.78, 5) is 15.0. The number of sulfonamides is 2. The summed E-state index contributed by atoms with van der Waals surface area (Å²) in [6.07, 6.45) is 1.22. The zero-order chi connectivity index (χ0) is 28.2. The lowest BCUT2D eigenvalue weighted by atomic mass is 10.1. The third kappa shape index (κ3) is 5.25. The molecule has 0 atom stereocenters. The van der Waals surface area contributed by atoms with Crippen LogP contribution in [0.4, 0.5) is 15.9 Å². The number of hydrogen-bond donors (Lipinski definition) is 0. The molecule has 200 valence electrons. The first-order chi connectivity index (χ1) is 18.6. The van der Waals surface area contributed by atoms with Crippen LogP contribution in [0.3, 0.4) is 0 Å². The molecule has 39 heavy (non-hydrogen) atoms. The van der Waals surface area contributed by atoms with Gasteiger partial charge in [-0.2, -0.15) is 5.26 Å². The molecule has 0 aliphatic carbocycles. The fourth-order valence-corrected chi connectivity index (χ4v) is 6.72. The molecule has 4 rings (SSSR count). The van der Waals surface area contributed by atoms with E-state index in [9.17, 15) is 26.0 Å². The van der Waals surface area contributed by atoms with Crippen molar-refractivity contribution >= 4 is 48.8 Å². The maximum absolute atomic E-state index is 13.6. The zero-order valence-corrected chi connectivity index (χ0v) is 22.1. The highest BCUT2D eigenvalue weighted by Crippen LogP contribution is 2.36. The predicted molar refractivity (Wildman–Crippen MR) is 141 cm³/mol. The van der Waals surface area contributed by atoms with Gasteiger partial charge < -0.3 is 4.74 Å². The van der Waals surface area contributed by atoms with E-state index in [1.807, 2.05) is 6.07 Å². The second kappa shape index (κ2) is 11.1. The Kier molecular flexibility index (Phi) is 7.80. The average Bonchev–Trinajstić information content (AvgIpc) is 2.94. The van der Waals surface area contributed by atoms with Gasteiger partial charge in [-0.1, -0.05) is 24.3 Å². The summed E-state index contributed by atoms with van der Waals surface area (Å²) >= 11 is 0. The summed E-state index contributed by atoms with van der Waals surface area (Å²) in [7, 11) is -8.49. The molecule has 4 aromatic rings. The van der Waals surface area contributed by atoms with Crippen molar-refractivity contribution in [2.24, 2.45) is 0 Å². The van der Waals surface area contributed by atoms with Crippen LogP contribution in [-0.2, 0) is 29.6 Å². The van der Waals surface area contributed by atoms with Gasteiger partial charge >= 0.3 is 0 Å². The summed E-state index contributed by atoms with van der Waals surface area (Å²) in [5, 5.41) is 9.65. The number of carbonyl (C=O) groups is 1. The Morgan fingerprint density at radius 3 is 2.03 bits per heavy atom. The number of carbonyl (C=O) groups excluding carboxylic acids is 1. The number of fused-ring (bicyclic) bond motifs is 1. The Morgan fingerprint density at radius 2 is 1.46 bits per heavy atom. The maximum Gasteiger partial charge on any atom is 0.294 e. The zero-order valence-electron chi connectivity index (χ0n) is 20.4. The summed E-state index contributed by atoms with van der Waals surface area (Å²) in [6, 6.07) is 17.9. The van der Waals surface area contributed by atoms with Crippen molar-refractivity contribution in [1.82, 2.24) is 4.98 Å². The van der Waals surface area contributed by atoms with Gasteiger partial charge in [-0.3, -0.25) is 9.10 Å². The second-order valence-electron chi connectivity index (χ2n) is 8.02. The van der Waals surface area contributed by atoms with Gasteiger partial charge in [-0.05, 0) is 55.5 Å². The Bertz CT molecular complexity index is 1770. The van der Waals surface area contributed by atoms with Gasteiger partial charge in [0.05, 0.1) is 33.3 Å². The van der Waals surface area contributed by atoms with Gasteiger partial charge in [0.15, 0.2) is 12.5 Å². The first-order valence-corrected chi connectivity index (χ1v) is 14.3. The van der Waals surface area contributed by atoms with Crippen LogP contribution in [-0.4, -0.2) is 41.6 Å². The lowest BCUT2D eigenvalue weighted by Crippen LogP contribution is -2.35. The first-order valence-electron chi connectivity index (χ1n) is 11.4. The molecular weight excluding hydrogens is 547 g/mol. The molecule has 0 aliphatic heterocycles. The molecule has 0 spiro atoms. The monoisotopic (exact) mass is 568 g/mol. The molecule has 0 saturated carbocycles. The second-order valence-corrected chi connectivity index (χ2v) is 11.7. The third-order valence-electron chi connectivity index (χ3n) is 5.78. The van der Waals surface area contributed by atoms with Gasteiger partial charge in [0.2, 0.25) is 0 Å². The van der Waals surface area contributed by atoms with Crippen LogP contribution < -0.4 is 8.61 Å². The summed E-state index contributed by atoms with van der Waals surface area (Å²) in [5.41, 5.74) is 0.477. The third-order valence-corrected chi connectivity index (χ3v) is 9.41. The van der Waals surface area contributed by atoms with Gasteiger partial charge in [0.25, 0.3) is 26.5 Å². The molecule has 0 radical (unpaired) electrons. The lowest BCUT2D eigenvalue weighted by molar-refractivity contribution is -0.128. The van der Waals surface area contributed by atoms with Gasteiger partial charge in [0, 0.05) is 17.3 Å². The minimum absolute atomic E-state index is 0.0131. The highest BCUT2D eigenvalue weighted by Gasteiger charge is 2.31. The van der Waals surface area contributed by atoms with Crippen molar-refractivity contribution in [1.29, 1.82) is 5.26 Å². The predicted octanol–water partition coefficient (Wildman–Crippen LogP) is 3.79. The quantitative estimate of drug-likeness (QED) is 0.208. The van der Waals surface area contributed by atoms with E-state index in [0.29, 0.717) is 10.9 Å². The Labute approximate surface area is 224 Å². The van der Waals surface area contributed by atoms with E-state index in [4.69, 9.17) is 10.00 Å². The van der Waals surface area contributed by atoms with E-state index in [-0.39, 0.29) is 39.7 Å². The Balaban J connectivity index is 1.89. The van der Waals surface area contributed by atoms with Crippen molar-refractivity contribution < 1.29 is 30.8 Å². The topological polar surface area (TPSA) is 138 Å². The highest BCUT2D eigenvalue weighted by atomic mass is 32.2. The minimum atomic E-state index is -4.39. The number of hydrogen-bond acceptors (Lipinski definition) is 8. The van der Waals surface area contributed by atoms with Crippen LogP contribution in [0.25, 0.3) is 10.8 Å². The van der Waals surface area contributed by atoms with Crippen LogP contribution in [0.5, 0.6) is 0 Å². The number of nitrogens with zero attached hydrogens (tertiary/aromatic N) is 4. The van der Waals surface area contributed by atoms with Crippen LogP contribution in [0.1, 0.15) is 12.5 Å². The van der Waals surface area contributed by atoms with Crippen molar-refractivity contribution in [3.05, 3.63) is 90.4 Å². The fourth-order valence-electron chi connectivity index (χ4n) is 3.94. The van der Waals surface area contributed by atoms with Crippen molar-refractivity contribution in [2.45, 2.75) is 16.7 Å². The van der Waals surface area contributed by atoms with E-state index < -0.39 is 32.6 Å². The number of halogens is 1. The first kappa shape index (κ1) is 27.5. The summed E-state index contributed by atoms with van der Waals surface area (Å²) in [5.74, 6) is -0.770. The molecule has 0 bridgehead atoms. The van der Waals surface area contributed by atoms with Crippen LogP contribution in [0.15, 0.2) is 88.8 Å². The van der Waals surface area contributed by atoms with Crippen molar-refractivity contribution in [2.75, 3.05) is 21.9 Å². The molecule has 0 unspecified atom stereocenters. The molecular formula is C26H21FN4O6S2. The largest absolute Gasteiger partial charge is 0.445 e. The average molecular weight is 569 g/mol. The van der Waals surface area contributed by atoms with Crippen LogP contribution >= 0.6 is 0 Å². The molecule has 0 amide bonds. The van der Waals surface area contributed by atoms with Crippen molar-refractivity contribution in [3.8, 4) is 6.07 Å². The van der Waals surface area contributed by atoms with Gasteiger partial charge in [-0.15, -0.1) is 0 Å². The number of anilines is 2. The van der Waals surface area contributed by atoms with Crippen LogP contribution in [0.2, 0.25) is 0 Å². The number of nitriles is 1. The smallest absolute Gasteiger partial charge is 0.294 e. The van der Waals surface area contributed by atoms with Crippen LogP contribution in [0, 0.1) is 17.1 Å². The SMILES string of the molecule is CCN(c1cnc(N(COC=O)S(=O)(=O)c2ccc(F)cc2)c2ccccc12)S(=O)(=O)c1ccc(C#N)cc1. The van der Waals surface area contributed by atoms with E-state index in [1.54, 1.807) is 31.2 Å². The fraction of sp³-hybridized carbons (Fsp3) is 0.115. The number of aromatic nitrogens is 1. The molecule has 1 aromatic heterocycles. The molecule has 0 aliphatic rings. The minimum Gasteiger partial charge on any atom is -0.445 e. The van der Waals surface area contributed by atoms with Gasteiger partial charge in [-0.25, -0.2) is 30.5 Å².